The molecule has 2 rings (SSSR count). The van der Waals surface area contributed by atoms with Crippen molar-refractivity contribution in [3.05, 3.63) is 16.2 Å². The number of thiazole rings is 1. The van der Waals surface area contributed by atoms with E-state index in [0.29, 0.717) is 25.7 Å². The molecule has 0 unspecified atom stereocenters. The first-order chi connectivity index (χ1) is 5.66. The minimum Gasteiger partial charge on any atom is -0.375 e. The summed E-state index contributed by atoms with van der Waals surface area (Å²) in [7, 11) is 0. The molecule has 0 aliphatic heterocycles. The predicted octanol–water partition coefficient (Wildman–Crippen LogP) is 2.58. The molecule has 0 amide bonds. The maximum atomic E-state index is 5.84. The fourth-order valence-electron chi connectivity index (χ4n) is 0.862. The second-order valence-corrected chi connectivity index (χ2v) is 3.94. The van der Waals surface area contributed by atoms with E-state index in [1.54, 1.807) is 6.07 Å². The number of anilines is 1. The monoisotopic (exact) mass is 219 g/mol. The molecular formula is C6H3Cl2N3S. The van der Waals surface area contributed by atoms with Crippen molar-refractivity contribution in [2.45, 2.75) is 0 Å². The van der Waals surface area contributed by atoms with Crippen molar-refractivity contribution in [3.63, 3.8) is 0 Å². The molecule has 0 aliphatic carbocycles. The van der Waals surface area contributed by atoms with Crippen LogP contribution in [-0.2, 0) is 0 Å². The molecule has 0 spiro atoms. The Morgan fingerprint density at radius 3 is 2.83 bits per heavy atom. The van der Waals surface area contributed by atoms with E-state index in [1.807, 2.05) is 0 Å². The Kier molecular flexibility index (Phi) is 1.83. The normalized spacial score (nSPS) is 10.8. The van der Waals surface area contributed by atoms with Crippen LogP contribution in [0.2, 0.25) is 10.2 Å². The van der Waals surface area contributed by atoms with E-state index in [2.05, 4.69) is 9.97 Å². The van der Waals surface area contributed by atoms with Gasteiger partial charge >= 0.3 is 0 Å². The molecule has 0 aliphatic rings. The van der Waals surface area contributed by atoms with Crippen LogP contribution in [0.5, 0.6) is 0 Å². The predicted molar refractivity (Wildman–Crippen MR) is 51.8 cm³/mol. The van der Waals surface area contributed by atoms with Gasteiger partial charge in [-0.25, -0.2) is 9.97 Å². The molecule has 12 heavy (non-hydrogen) atoms. The van der Waals surface area contributed by atoms with Crippen molar-refractivity contribution in [3.8, 4) is 0 Å². The van der Waals surface area contributed by atoms with Gasteiger partial charge in [0.1, 0.15) is 15.5 Å². The summed E-state index contributed by atoms with van der Waals surface area (Å²) in [6.07, 6.45) is 0. The van der Waals surface area contributed by atoms with Crippen molar-refractivity contribution in [1.29, 1.82) is 0 Å². The summed E-state index contributed by atoms with van der Waals surface area (Å²) in [6, 6.07) is 1.55. The first-order valence-corrected chi connectivity index (χ1v) is 4.62. The Morgan fingerprint density at radius 1 is 1.33 bits per heavy atom. The molecule has 0 atom stereocenters. The van der Waals surface area contributed by atoms with Gasteiger partial charge in [-0.3, -0.25) is 0 Å². The number of nitrogen functional groups attached to an aromatic ring is 1. The average Bonchev–Trinajstić information content (AvgIpc) is 2.29. The number of aromatic nitrogens is 2. The molecule has 62 valence electrons. The standard InChI is InChI=1S/C6H3Cl2N3S/c7-2-1-3(8)10-5-4(2)11-6(9)12-5/h1H,(H2,9,11). The highest BCUT2D eigenvalue weighted by molar-refractivity contribution is 7.21. The van der Waals surface area contributed by atoms with Gasteiger partial charge in [0.25, 0.3) is 0 Å². The van der Waals surface area contributed by atoms with E-state index in [9.17, 15) is 0 Å². The number of pyridine rings is 1. The van der Waals surface area contributed by atoms with Gasteiger partial charge < -0.3 is 5.73 Å². The van der Waals surface area contributed by atoms with Crippen molar-refractivity contribution in [2.24, 2.45) is 0 Å². The number of hydrogen-bond acceptors (Lipinski definition) is 4. The van der Waals surface area contributed by atoms with E-state index in [4.69, 9.17) is 28.9 Å². The van der Waals surface area contributed by atoms with Crippen molar-refractivity contribution in [1.82, 2.24) is 9.97 Å². The molecule has 2 heterocycles. The van der Waals surface area contributed by atoms with Crippen molar-refractivity contribution in [2.75, 3.05) is 5.73 Å². The fourth-order valence-corrected chi connectivity index (χ4v) is 2.18. The van der Waals surface area contributed by atoms with Crippen LogP contribution in [-0.4, -0.2) is 9.97 Å². The summed E-state index contributed by atoms with van der Waals surface area (Å²) in [4.78, 5) is 8.68. The summed E-state index contributed by atoms with van der Waals surface area (Å²) < 4.78 is 0. The summed E-state index contributed by atoms with van der Waals surface area (Å²) in [5.74, 6) is 0. The average molecular weight is 220 g/mol. The molecule has 0 radical (unpaired) electrons. The van der Waals surface area contributed by atoms with Gasteiger partial charge in [-0.05, 0) is 6.07 Å². The Morgan fingerprint density at radius 2 is 2.08 bits per heavy atom. The van der Waals surface area contributed by atoms with Gasteiger partial charge in [0.15, 0.2) is 5.13 Å². The number of halogens is 2. The van der Waals surface area contributed by atoms with Gasteiger partial charge in [0.2, 0.25) is 0 Å². The van der Waals surface area contributed by atoms with E-state index in [0.717, 1.165) is 0 Å². The van der Waals surface area contributed by atoms with Gasteiger partial charge in [0, 0.05) is 0 Å². The zero-order valence-corrected chi connectivity index (χ0v) is 8.04. The number of nitrogens with zero attached hydrogens (tertiary/aromatic N) is 2. The highest BCUT2D eigenvalue weighted by Crippen LogP contribution is 2.29. The zero-order chi connectivity index (χ0) is 8.72. The van der Waals surface area contributed by atoms with Crippen molar-refractivity contribution >= 4 is 50.0 Å². The molecule has 0 saturated carbocycles. The first-order valence-electron chi connectivity index (χ1n) is 3.05. The fraction of sp³-hybridized carbons (Fsp3) is 0. The lowest BCUT2D eigenvalue weighted by Crippen LogP contribution is -1.80. The third kappa shape index (κ3) is 1.22. The lowest BCUT2D eigenvalue weighted by molar-refractivity contribution is 1.41. The third-order valence-electron chi connectivity index (χ3n) is 1.31. The lowest BCUT2D eigenvalue weighted by atomic mass is 10.4. The quantitative estimate of drug-likeness (QED) is 0.694. The van der Waals surface area contributed by atoms with Gasteiger partial charge in [0.05, 0.1) is 5.02 Å². The van der Waals surface area contributed by atoms with Gasteiger partial charge in [-0.1, -0.05) is 34.5 Å². The van der Waals surface area contributed by atoms with Gasteiger partial charge in [-0.15, -0.1) is 0 Å². The molecule has 6 heteroatoms. The lowest BCUT2D eigenvalue weighted by Gasteiger charge is -1.91. The van der Waals surface area contributed by atoms with Crippen LogP contribution >= 0.6 is 34.5 Å². The van der Waals surface area contributed by atoms with Crippen LogP contribution in [0, 0.1) is 0 Å². The largest absolute Gasteiger partial charge is 0.375 e. The summed E-state index contributed by atoms with van der Waals surface area (Å²) in [5, 5.41) is 1.29. The van der Waals surface area contributed by atoms with E-state index in [-0.39, 0.29) is 0 Å². The molecule has 2 aromatic rings. The first kappa shape index (κ1) is 8.04. The van der Waals surface area contributed by atoms with E-state index >= 15 is 0 Å². The molecule has 3 nitrogen and oxygen atoms in total. The molecule has 0 aromatic carbocycles. The topological polar surface area (TPSA) is 51.8 Å². The Labute approximate surface area is 82.1 Å². The smallest absolute Gasteiger partial charge is 0.182 e. The Hall–Kier alpha value is -0.580. The van der Waals surface area contributed by atoms with Crippen LogP contribution in [0.1, 0.15) is 0 Å². The third-order valence-corrected chi connectivity index (χ3v) is 2.57. The van der Waals surface area contributed by atoms with E-state index < -0.39 is 0 Å². The SMILES string of the molecule is Nc1nc2c(Cl)cc(Cl)nc2s1. The maximum Gasteiger partial charge on any atom is 0.182 e. The molecule has 0 saturated heterocycles. The highest BCUT2D eigenvalue weighted by atomic mass is 35.5. The van der Waals surface area contributed by atoms with Crippen LogP contribution < -0.4 is 5.73 Å². The summed E-state index contributed by atoms with van der Waals surface area (Å²) in [5.41, 5.74) is 6.09. The number of hydrogen-bond donors (Lipinski definition) is 1. The number of rotatable bonds is 0. The second-order valence-electron chi connectivity index (χ2n) is 2.13. The number of fused-ring (bicyclic) bond motifs is 1. The molecular weight excluding hydrogens is 217 g/mol. The zero-order valence-electron chi connectivity index (χ0n) is 5.71. The second kappa shape index (κ2) is 2.73. The minimum atomic E-state index is 0.358. The molecule has 2 aromatic heterocycles. The van der Waals surface area contributed by atoms with Crippen LogP contribution in [0.4, 0.5) is 5.13 Å². The molecule has 0 bridgehead atoms. The summed E-state index contributed by atoms with van der Waals surface area (Å²) in [6.45, 7) is 0. The maximum absolute atomic E-state index is 5.84. The van der Waals surface area contributed by atoms with Crippen LogP contribution in [0.3, 0.4) is 0 Å². The van der Waals surface area contributed by atoms with E-state index in [1.165, 1.54) is 11.3 Å². The summed E-state index contributed by atoms with van der Waals surface area (Å²) >= 11 is 12.8. The van der Waals surface area contributed by atoms with Crippen LogP contribution in [0.25, 0.3) is 10.3 Å². The Balaban J connectivity index is 2.88. The molecule has 0 fully saturated rings. The highest BCUT2D eigenvalue weighted by Gasteiger charge is 2.07. The molecule has 2 N–H and O–H groups in total. The van der Waals surface area contributed by atoms with Gasteiger partial charge in [-0.2, -0.15) is 0 Å². The Bertz CT molecular complexity index is 440. The minimum absolute atomic E-state index is 0.358. The number of nitrogens with two attached hydrogens (primary N) is 1. The van der Waals surface area contributed by atoms with Crippen molar-refractivity contribution < 1.29 is 0 Å². The van der Waals surface area contributed by atoms with Crippen LogP contribution in [0.15, 0.2) is 6.07 Å².